The minimum Gasteiger partial charge on any atom is -0.384 e. The van der Waals surface area contributed by atoms with E-state index in [0.29, 0.717) is 11.4 Å². The van der Waals surface area contributed by atoms with Gasteiger partial charge in [-0.3, -0.25) is 4.79 Å². The van der Waals surface area contributed by atoms with Crippen molar-refractivity contribution in [2.45, 2.75) is 32.1 Å². The number of carbonyl (C=O) groups excluding carboxylic acids is 1. The van der Waals surface area contributed by atoms with Crippen molar-refractivity contribution in [3.8, 4) is 0 Å². The molecule has 17 heavy (non-hydrogen) atoms. The van der Waals surface area contributed by atoms with E-state index < -0.39 is 0 Å². The summed E-state index contributed by atoms with van der Waals surface area (Å²) in [5.41, 5.74) is 6.15. The molecule has 0 spiro atoms. The Morgan fingerprint density at radius 1 is 1.12 bits per heavy atom. The molecule has 4 nitrogen and oxygen atoms in total. The lowest BCUT2D eigenvalue weighted by atomic mass is 10.1. The lowest BCUT2D eigenvalue weighted by Crippen LogP contribution is -2.33. The first-order valence-electron chi connectivity index (χ1n) is 6.28. The van der Waals surface area contributed by atoms with Crippen LogP contribution < -0.4 is 5.73 Å². The van der Waals surface area contributed by atoms with E-state index in [-0.39, 0.29) is 5.91 Å². The highest BCUT2D eigenvalue weighted by Crippen LogP contribution is 2.13. The summed E-state index contributed by atoms with van der Waals surface area (Å²) in [6.45, 7) is 1.73. The van der Waals surface area contributed by atoms with Crippen LogP contribution in [-0.2, 0) is 0 Å². The lowest BCUT2D eigenvalue weighted by molar-refractivity contribution is 0.0742. The molecule has 2 rings (SSSR count). The number of anilines is 1. The van der Waals surface area contributed by atoms with Crippen molar-refractivity contribution in [1.82, 2.24) is 9.88 Å². The second-order valence-corrected chi connectivity index (χ2v) is 4.53. The first-order valence-corrected chi connectivity index (χ1v) is 6.28. The van der Waals surface area contributed by atoms with E-state index in [0.717, 1.165) is 25.9 Å². The molecule has 0 radical (unpaired) electrons. The largest absolute Gasteiger partial charge is 0.384 e. The molecule has 0 bridgehead atoms. The third kappa shape index (κ3) is 3.19. The number of nitrogen functional groups attached to an aromatic ring is 1. The molecular weight excluding hydrogens is 214 g/mol. The Bertz CT molecular complexity index is 367. The molecule has 92 valence electrons. The molecule has 0 aliphatic carbocycles. The van der Waals surface area contributed by atoms with E-state index in [1.165, 1.54) is 19.3 Å². The number of carbonyl (C=O) groups is 1. The van der Waals surface area contributed by atoms with Gasteiger partial charge >= 0.3 is 0 Å². The molecule has 0 saturated carbocycles. The molecule has 1 aromatic rings. The molecule has 1 saturated heterocycles. The van der Waals surface area contributed by atoms with Crippen molar-refractivity contribution in [1.29, 1.82) is 0 Å². The van der Waals surface area contributed by atoms with E-state index >= 15 is 0 Å². The molecule has 0 unspecified atom stereocenters. The SMILES string of the molecule is Nc1ccc(C(=O)N2CCCCCCC2)cn1. The average Bonchev–Trinajstić information content (AvgIpc) is 2.29. The molecule has 1 aromatic heterocycles. The van der Waals surface area contributed by atoms with Crippen LogP contribution in [0.5, 0.6) is 0 Å². The molecule has 2 N–H and O–H groups in total. The first kappa shape index (κ1) is 11.9. The van der Waals surface area contributed by atoms with Gasteiger partial charge in [0, 0.05) is 19.3 Å². The van der Waals surface area contributed by atoms with Gasteiger partial charge in [0.25, 0.3) is 5.91 Å². The van der Waals surface area contributed by atoms with Crippen LogP contribution in [-0.4, -0.2) is 28.9 Å². The van der Waals surface area contributed by atoms with Gasteiger partial charge in [-0.25, -0.2) is 4.98 Å². The van der Waals surface area contributed by atoms with Gasteiger partial charge in [-0.1, -0.05) is 19.3 Å². The maximum atomic E-state index is 12.2. The van der Waals surface area contributed by atoms with Gasteiger partial charge in [-0.2, -0.15) is 0 Å². The third-order valence-electron chi connectivity index (χ3n) is 3.18. The maximum Gasteiger partial charge on any atom is 0.255 e. The monoisotopic (exact) mass is 233 g/mol. The predicted octanol–water partition coefficient (Wildman–Crippen LogP) is 2.07. The van der Waals surface area contributed by atoms with E-state index in [2.05, 4.69) is 4.98 Å². The zero-order valence-electron chi connectivity index (χ0n) is 10.1. The van der Waals surface area contributed by atoms with Crippen LogP contribution in [0.3, 0.4) is 0 Å². The third-order valence-corrected chi connectivity index (χ3v) is 3.18. The lowest BCUT2D eigenvalue weighted by Gasteiger charge is -2.24. The van der Waals surface area contributed by atoms with Crippen molar-refractivity contribution in [3.63, 3.8) is 0 Å². The number of aromatic nitrogens is 1. The van der Waals surface area contributed by atoms with Gasteiger partial charge in [0.15, 0.2) is 0 Å². The van der Waals surface area contributed by atoms with Gasteiger partial charge in [0.05, 0.1) is 5.56 Å². The highest BCUT2D eigenvalue weighted by Gasteiger charge is 2.16. The van der Waals surface area contributed by atoms with Gasteiger partial charge < -0.3 is 10.6 Å². The van der Waals surface area contributed by atoms with E-state index in [9.17, 15) is 4.79 Å². The Kier molecular flexibility index (Phi) is 3.96. The van der Waals surface area contributed by atoms with E-state index in [1.54, 1.807) is 18.3 Å². The molecule has 1 aliphatic rings. The summed E-state index contributed by atoms with van der Waals surface area (Å²) in [4.78, 5) is 18.1. The second kappa shape index (κ2) is 5.66. The molecule has 0 atom stereocenters. The zero-order chi connectivity index (χ0) is 12.1. The van der Waals surface area contributed by atoms with Crippen molar-refractivity contribution in [3.05, 3.63) is 23.9 Å². The Morgan fingerprint density at radius 2 is 1.76 bits per heavy atom. The highest BCUT2D eigenvalue weighted by molar-refractivity contribution is 5.94. The number of rotatable bonds is 1. The van der Waals surface area contributed by atoms with Crippen molar-refractivity contribution < 1.29 is 4.79 Å². The fourth-order valence-corrected chi connectivity index (χ4v) is 2.16. The standard InChI is InChI=1S/C13H19N3O/c14-12-7-6-11(10-15-12)13(17)16-8-4-2-1-3-5-9-16/h6-7,10H,1-5,8-9H2,(H2,14,15). The summed E-state index contributed by atoms with van der Waals surface area (Å²) in [6, 6.07) is 3.43. The van der Waals surface area contributed by atoms with Crippen molar-refractivity contribution in [2.75, 3.05) is 18.8 Å². The minimum atomic E-state index is 0.0828. The Hall–Kier alpha value is -1.58. The fraction of sp³-hybridized carbons (Fsp3) is 0.538. The molecule has 1 amide bonds. The van der Waals surface area contributed by atoms with Crippen LogP contribution in [0.15, 0.2) is 18.3 Å². The Labute approximate surface area is 102 Å². The number of likely N-dealkylation sites (tertiary alicyclic amines) is 1. The zero-order valence-corrected chi connectivity index (χ0v) is 10.1. The molecule has 4 heteroatoms. The Balaban J connectivity index is 2.04. The van der Waals surface area contributed by atoms with Crippen LogP contribution in [0, 0.1) is 0 Å². The number of nitrogens with two attached hydrogens (primary N) is 1. The normalized spacial score (nSPS) is 17.3. The summed E-state index contributed by atoms with van der Waals surface area (Å²) in [5, 5.41) is 0. The number of hydrogen-bond acceptors (Lipinski definition) is 3. The molecule has 0 aromatic carbocycles. The van der Waals surface area contributed by atoms with Crippen LogP contribution in [0.1, 0.15) is 42.5 Å². The summed E-state index contributed by atoms with van der Waals surface area (Å²) in [7, 11) is 0. The van der Waals surface area contributed by atoms with Crippen LogP contribution in [0.4, 0.5) is 5.82 Å². The number of pyridine rings is 1. The average molecular weight is 233 g/mol. The predicted molar refractivity (Wildman–Crippen MR) is 67.6 cm³/mol. The molecule has 2 heterocycles. The van der Waals surface area contributed by atoms with E-state index in [4.69, 9.17) is 5.73 Å². The quantitative estimate of drug-likeness (QED) is 0.807. The number of nitrogens with zero attached hydrogens (tertiary/aromatic N) is 2. The maximum absolute atomic E-state index is 12.2. The summed E-state index contributed by atoms with van der Waals surface area (Å²) < 4.78 is 0. The summed E-state index contributed by atoms with van der Waals surface area (Å²) >= 11 is 0. The highest BCUT2D eigenvalue weighted by atomic mass is 16.2. The Morgan fingerprint density at radius 3 is 2.35 bits per heavy atom. The van der Waals surface area contributed by atoms with Gasteiger partial charge in [0.1, 0.15) is 5.82 Å². The smallest absolute Gasteiger partial charge is 0.255 e. The van der Waals surface area contributed by atoms with Crippen LogP contribution >= 0.6 is 0 Å². The molecule has 1 aliphatic heterocycles. The second-order valence-electron chi connectivity index (χ2n) is 4.53. The van der Waals surface area contributed by atoms with Crippen LogP contribution in [0.25, 0.3) is 0 Å². The topological polar surface area (TPSA) is 59.2 Å². The minimum absolute atomic E-state index is 0.0828. The number of hydrogen-bond donors (Lipinski definition) is 1. The number of amides is 1. The van der Waals surface area contributed by atoms with Gasteiger partial charge in [-0.15, -0.1) is 0 Å². The molecular formula is C13H19N3O. The van der Waals surface area contributed by atoms with Gasteiger partial charge in [-0.05, 0) is 25.0 Å². The fourth-order valence-electron chi connectivity index (χ4n) is 2.16. The van der Waals surface area contributed by atoms with Crippen LogP contribution in [0.2, 0.25) is 0 Å². The van der Waals surface area contributed by atoms with Gasteiger partial charge in [0.2, 0.25) is 0 Å². The van der Waals surface area contributed by atoms with Crippen molar-refractivity contribution in [2.24, 2.45) is 0 Å². The first-order chi connectivity index (χ1) is 8.27. The summed E-state index contributed by atoms with van der Waals surface area (Å²) in [6.07, 6.45) is 7.53. The van der Waals surface area contributed by atoms with E-state index in [1.807, 2.05) is 4.90 Å². The molecule has 1 fully saturated rings. The summed E-state index contributed by atoms with van der Waals surface area (Å²) in [5.74, 6) is 0.536. The van der Waals surface area contributed by atoms with Crippen molar-refractivity contribution >= 4 is 11.7 Å².